The molecule has 1 aromatic rings. The standard InChI is InChI=1S/C23H33N5O4/c1-14(2)10-20(29)28-13-17(26-23(32)25-15(3)4)12-19(28)22(31)27-18(21(24)30)11-16-8-6-5-7-9-16/h5-10,15,17-19H,11-13H2,1-4H3,(H2,24,30)(H,27,31)(H2,25,26,32)/t17-,18-,19+/m1/s1. The van der Waals surface area contributed by atoms with Crippen molar-refractivity contribution < 1.29 is 19.2 Å². The first-order valence-electron chi connectivity index (χ1n) is 10.7. The number of hydrogen-bond acceptors (Lipinski definition) is 4. The van der Waals surface area contributed by atoms with E-state index in [4.69, 9.17) is 5.73 Å². The van der Waals surface area contributed by atoms with E-state index in [0.29, 0.717) is 0 Å². The zero-order valence-electron chi connectivity index (χ0n) is 19.1. The fourth-order valence-electron chi connectivity index (χ4n) is 3.59. The van der Waals surface area contributed by atoms with E-state index in [1.54, 1.807) is 13.8 Å². The summed E-state index contributed by atoms with van der Waals surface area (Å²) in [5, 5.41) is 8.24. The van der Waals surface area contributed by atoms with E-state index in [0.717, 1.165) is 11.1 Å². The average Bonchev–Trinajstić information content (AvgIpc) is 3.11. The molecule has 0 aliphatic carbocycles. The molecule has 1 heterocycles. The number of hydrogen-bond donors (Lipinski definition) is 4. The molecular formula is C23H33N5O4. The molecule has 1 saturated heterocycles. The Morgan fingerprint density at radius 2 is 1.78 bits per heavy atom. The van der Waals surface area contributed by atoms with Gasteiger partial charge in [0.2, 0.25) is 17.7 Å². The number of carbonyl (C=O) groups excluding carboxylic acids is 4. The van der Waals surface area contributed by atoms with Crippen LogP contribution in [-0.4, -0.2) is 59.4 Å². The molecule has 174 valence electrons. The topological polar surface area (TPSA) is 134 Å². The van der Waals surface area contributed by atoms with Crippen LogP contribution in [0.25, 0.3) is 0 Å². The molecule has 0 bridgehead atoms. The van der Waals surface area contributed by atoms with Crippen molar-refractivity contribution in [2.75, 3.05) is 6.54 Å². The predicted octanol–water partition coefficient (Wildman–Crippen LogP) is 0.843. The monoisotopic (exact) mass is 443 g/mol. The number of amides is 5. The van der Waals surface area contributed by atoms with Gasteiger partial charge in [-0.3, -0.25) is 14.4 Å². The van der Waals surface area contributed by atoms with E-state index >= 15 is 0 Å². The molecule has 9 nitrogen and oxygen atoms in total. The van der Waals surface area contributed by atoms with Gasteiger partial charge < -0.3 is 26.6 Å². The lowest BCUT2D eigenvalue weighted by Crippen LogP contribution is -2.52. The molecule has 0 radical (unpaired) electrons. The molecule has 9 heteroatoms. The minimum atomic E-state index is -0.915. The molecule has 1 aromatic carbocycles. The summed E-state index contributed by atoms with van der Waals surface area (Å²) < 4.78 is 0. The van der Waals surface area contributed by atoms with E-state index in [2.05, 4.69) is 16.0 Å². The second-order valence-corrected chi connectivity index (χ2v) is 8.59. The molecule has 3 atom stereocenters. The Kier molecular flexibility index (Phi) is 8.80. The van der Waals surface area contributed by atoms with Gasteiger partial charge in [0.1, 0.15) is 12.1 Å². The van der Waals surface area contributed by atoms with E-state index in [-0.39, 0.29) is 37.4 Å². The Bertz CT molecular complexity index is 864. The maximum absolute atomic E-state index is 13.1. The van der Waals surface area contributed by atoms with Crippen LogP contribution in [-0.2, 0) is 20.8 Å². The zero-order chi connectivity index (χ0) is 23.8. The van der Waals surface area contributed by atoms with Crippen LogP contribution in [0.2, 0.25) is 0 Å². The van der Waals surface area contributed by atoms with E-state index in [1.165, 1.54) is 11.0 Å². The smallest absolute Gasteiger partial charge is 0.315 e. The minimum Gasteiger partial charge on any atom is -0.368 e. The number of allylic oxidation sites excluding steroid dienone is 1. The van der Waals surface area contributed by atoms with E-state index in [9.17, 15) is 19.2 Å². The average molecular weight is 444 g/mol. The fraction of sp³-hybridized carbons (Fsp3) is 0.478. The zero-order valence-corrected chi connectivity index (χ0v) is 19.1. The molecule has 0 saturated carbocycles. The van der Waals surface area contributed by atoms with Crippen LogP contribution < -0.4 is 21.7 Å². The Balaban J connectivity index is 2.15. The van der Waals surface area contributed by atoms with E-state index < -0.39 is 29.9 Å². The van der Waals surface area contributed by atoms with Crippen molar-refractivity contribution in [3.8, 4) is 0 Å². The number of primary amides is 1. The van der Waals surface area contributed by atoms with Crippen molar-refractivity contribution in [2.45, 2.75) is 64.7 Å². The molecule has 0 aromatic heterocycles. The first kappa shape index (κ1) is 24.9. The molecule has 5 N–H and O–H groups in total. The number of nitrogens with one attached hydrogen (secondary N) is 3. The summed E-state index contributed by atoms with van der Waals surface area (Å²) in [5.74, 6) is -1.46. The van der Waals surface area contributed by atoms with Crippen LogP contribution in [0.4, 0.5) is 4.79 Å². The third-order valence-electron chi connectivity index (χ3n) is 5.00. The van der Waals surface area contributed by atoms with Crippen LogP contribution in [0.5, 0.6) is 0 Å². The van der Waals surface area contributed by atoms with Crippen LogP contribution in [0.15, 0.2) is 42.0 Å². The Morgan fingerprint density at radius 1 is 1.12 bits per heavy atom. The van der Waals surface area contributed by atoms with Crippen molar-refractivity contribution >= 4 is 23.8 Å². The number of rotatable bonds is 8. The highest BCUT2D eigenvalue weighted by molar-refractivity contribution is 5.95. The quantitative estimate of drug-likeness (QED) is 0.443. The van der Waals surface area contributed by atoms with Crippen molar-refractivity contribution in [1.82, 2.24) is 20.9 Å². The first-order chi connectivity index (χ1) is 15.1. The van der Waals surface area contributed by atoms with Crippen LogP contribution in [0.1, 0.15) is 39.7 Å². The van der Waals surface area contributed by atoms with Gasteiger partial charge in [-0.15, -0.1) is 0 Å². The van der Waals surface area contributed by atoms with Gasteiger partial charge in [0, 0.05) is 25.1 Å². The number of urea groups is 1. The summed E-state index contributed by atoms with van der Waals surface area (Å²) in [7, 11) is 0. The van der Waals surface area contributed by atoms with E-state index in [1.807, 2.05) is 44.2 Å². The fourth-order valence-corrected chi connectivity index (χ4v) is 3.59. The first-order valence-corrected chi connectivity index (χ1v) is 10.7. The minimum absolute atomic E-state index is 0.0479. The lowest BCUT2D eigenvalue weighted by atomic mass is 10.0. The molecule has 1 fully saturated rings. The second kappa shape index (κ2) is 11.3. The Labute approximate surface area is 188 Å². The Morgan fingerprint density at radius 3 is 2.34 bits per heavy atom. The third-order valence-corrected chi connectivity index (χ3v) is 5.00. The van der Waals surface area contributed by atoms with Crippen molar-refractivity contribution in [2.24, 2.45) is 5.73 Å². The maximum atomic E-state index is 13.1. The number of nitrogens with zero attached hydrogens (tertiary/aromatic N) is 1. The van der Waals surface area contributed by atoms with Gasteiger partial charge >= 0.3 is 6.03 Å². The molecule has 0 spiro atoms. The lowest BCUT2D eigenvalue weighted by molar-refractivity contribution is -0.136. The summed E-state index contributed by atoms with van der Waals surface area (Å²) in [4.78, 5) is 51.3. The number of nitrogens with two attached hydrogens (primary N) is 1. The van der Waals surface area contributed by atoms with Crippen molar-refractivity contribution in [1.29, 1.82) is 0 Å². The molecule has 1 aliphatic heterocycles. The van der Waals surface area contributed by atoms with Gasteiger partial charge in [0.15, 0.2) is 0 Å². The van der Waals surface area contributed by atoms with Gasteiger partial charge in [-0.05, 0) is 39.7 Å². The molecule has 1 aliphatic rings. The van der Waals surface area contributed by atoms with Gasteiger partial charge in [-0.25, -0.2) is 4.79 Å². The highest BCUT2D eigenvalue weighted by Gasteiger charge is 2.40. The summed E-state index contributed by atoms with van der Waals surface area (Å²) in [5.41, 5.74) is 7.17. The third kappa shape index (κ3) is 7.40. The summed E-state index contributed by atoms with van der Waals surface area (Å²) >= 11 is 0. The predicted molar refractivity (Wildman–Crippen MR) is 121 cm³/mol. The number of likely N-dealkylation sites (tertiary alicyclic amines) is 1. The van der Waals surface area contributed by atoms with Crippen molar-refractivity contribution in [3.63, 3.8) is 0 Å². The molecule has 0 unspecified atom stereocenters. The highest BCUT2D eigenvalue weighted by atomic mass is 16.2. The van der Waals surface area contributed by atoms with Crippen molar-refractivity contribution in [3.05, 3.63) is 47.5 Å². The van der Waals surface area contributed by atoms with Crippen LogP contribution in [0.3, 0.4) is 0 Å². The summed E-state index contributed by atoms with van der Waals surface area (Å²) in [6, 6.07) is 6.66. The van der Waals surface area contributed by atoms with Gasteiger partial charge in [-0.1, -0.05) is 35.9 Å². The lowest BCUT2D eigenvalue weighted by Gasteiger charge is -2.25. The molecule has 2 rings (SSSR count). The van der Waals surface area contributed by atoms with Gasteiger partial charge in [0.05, 0.1) is 6.04 Å². The van der Waals surface area contributed by atoms with Crippen LogP contribution >= 0.6 is 0 Å². The number of benzene rings is 1. The number of carbonyl (C=O) groups is 4. The largest absolute Gasteiger partial charge is 0.368 e. The summed E-state index contributed by atoms with van der Waals surface area (Å²) in [6.07, 6.45) is 1.93. The second-order valence-electron chi connectivity index (χ2n) is 8.59. The normalized spacial score (nSPS) is 18.6. The highest BCUT2D eigenvalue weighted by Crippen LogP contribution is 2.20. The molecular weight excluding hydrogens is 410 g/mol. The molecule has 5 amide bonds. The summed E-state index contributed by atoms with van der Waals surface area (Å²) in [6.45, 7) is 7.44. The van der Waals surface area contributed by atoms with Crippen LogP contribution in [0, 0.1) is 0 Å². The Hall–Kier alpha value is -3.36. The molecule has 32 heavy (non-hydrogen) atoms. The maximum Gasteiger partial charge on any atom is 0.315 e. The van der Waals surface area contributed by atoms with Gasteiger partial charge in [-0.2, -0.15) is 0 Å². The SMILES string of the molecule is CC(C)=CC(=O)N1C[C@H](NC(=O)NC(C)C)C[C@H]1C(=O)N[C@H](Cc1ccccc1)C(N)=O. The van der Waals surface area contributed by atoms with Gasteiger partial charge in [0.25, 0.3) is 0 Å².